The first-order chi connectivity index (χ1) is 9.83. The van der Waals surface area contributed by atoms with Gasteiger partial charge in [0, 0.05) is 6.04 Å². The summed E-state index contributed by atoms with van der Waals surface area (Å²) in [4.78, 5) is 0.116. The van der Waals surface area contributed by atoms with Gasteiger partial charge in [0.15, 0.2) is 0 Å². The Kier molecular flexibility index (Phi) is 4.88. The van der Waals surface area contributed by atoms with Crippen LogP contribution in [0, 0.1) is 19.7 Å². The van der Waals surface area contributed by atoms with E-state index in [0.717, 1.165) is 38.5 Å². The minimum Gasteiger partial charge on any atom is -0.396 e. The summed E-state index contributed by atoms with van der Waals surface area (Å²) in [6.07, 6.45) is 6.09. The monoisotopic (exact) mass is 314 g/mol. The lowest BCUT2D eigenvalue weighted by atomic mass is 10.1. The summed E-state index contributed by atoms with van der Waals surface area (Å²) in [5.41, 5.74) is 6.22. The fraction of sp³-hybridized carbons (Fsp3) is 0.600. The van der Waals surface area contributed by atoms with Crippen molar-refractivity contribution in [1.29, 1.82) is 0 Å². The number of hydrogen-bond donors (Lipinski definition) is 2. The second-order valence-corrected chi connectivity index (χ2v) is 7.50. The maximum atomic E-state index is 13.6. The van der Waals surface area contributed by atoms with E-state index in [1.807, 2.05) is 0 Å². The average molecular weight is 314 g/mol. The lowest BCUT2D eigenvalue weighted by Gasteiger charge is -2.19. The van der Waals surface area contributed by atoms with Crippen LogP contribution in [0.4, 0.5) is 10.1 Å². The normalized spacial score (nSPS) is 17.7. The van der Waals surface area contributed by atoms with E-state index in [1.165, 1.54) is 6.07 Å². The number of benzene rings is 1. The summed E-state index contributed by atoms with van der Waals surface area (Å²) in [6, 6.07) is 1.15. The summed E-state index contributed by atoms with van der Waals surface area (Å²) >= 11 is 0. The number of sulfonamides is 1. The van der Waals surface area contributed by atoms with Gasteiger partial charge in [0.25, 0.3) is 0 Å². The van der Waals surface area contributed by atoms with Gasteiger partial charge in [-0.15, -0.1) is 0 Å². The van der Waals surface area contributed by atoms with Crippen molar-refractivity contribution in [2.75, 3.05) is 5.73 Å². The predicted molar refractivity (Wildman–Crippen MR) is 82.1 cm³/mol. The molecular formula is C15H23FN2O2S. The van der Waals surface area contributed by atoms with Crippen molar-refractivity contribution in [2.24, 2.45) is 0 Å². The second-order valence-electron chi connectivity index (χ2n) is 5.85. The van der Waals surface area contributed by atoms with E-state index >= 15 is 0 Å². The summed E-state index contributed by atoms with van der Waals surface area (Å²) in [5, 5.41) is 0. The van der Waals surface area contributed by atoms with Gasteiger partial charge >= 0.3 is 0 Å². The lowest BCUT2D eigenvalue weighted by Crippen LogP contribution is -2.35. The molecule has 1 aromatic rings. The van der Waals surface area contributed by atoms with E-state index in [2.05, 4.69) is 4.72 Å². The highest BCUT2D eigenvalue weighted by Crippen LogP contribution is 2.28. The Morgan fingerprint density at radius 2 is 1.76 bits per heavy atom. The number of hydrogen-bond acceptors (Lipinski definition) is 3. The van der Waals surface area contributed by atoms with Gasteiger partial charge in [-0.1, -0.05) is 25.7 Å². The molecule has 0 spiro atoms. The molecule has 1 saturated carbocycles. The van der Waals surface area contributed by atoms with Crippen LogP contribution in [-0.4, -0.2) is 14.5 Å². The van der Waals surface area contributed by atoms with Crippen molar-refractivity contribution in [3.63, 3.8) is 0 Å². The molecule has 0 amide bonds. The van der Waals surface area contributed by atoms with Crippen LogP contribution < -0.4 is 10.5 Å². The first-order valence-corrected chi connectivity index (χ1v) is 8.88. The summed E-state index contributed by atoms with van der Waals surface area (Å²) in [7, 11) is -3.67. The van der Waals surface area contributed by atoms with Gasteiger partial charge in [0.05, 0.1) is 10.6 Å². The molecule has 0 aliphatic heterocycles. The molecule has 3 N–H and O–H groups in total. The highest BCUT2D eigenvalue weighted by Gasteiger charge is 2.26. The predicted octanol–water partition coefficient (Wildman–Crippen LogP) is 3.03. The van der Waals surface area contributed by atoms with Crippen molar-refractivity contribution in [2.45, 2.75) is 63.3 Å². The third kappa shape index (κ3) is 3.55. The second kappa shape index (κ2) is 6.32. The van der Waals surface area contributed by atoms with Gasteiger partial charge in [-0.25, -0.2) is 17.5 Å². The van der Waals surface area contributed by atoms with Crippen LogP contribution in [0.15, 0.2) is 11.0 Å². The zero-order chi connectivity index (χ0) is 15.6. The van der Waals surface area contributed by atoms with Gasteiger partial charge in [-0.3, -0.25) is 0 Å². The highest BCUT2D eigenvalue weighted by molar-refractivity contribution is 7.89. The minimum absolute atomic E-state index is 0.0393. The number of anilines is 1. The number of nitrogens with two attached hydrogens (primary N) is 1. The highest BCUT2D eigenvalue weighted by atomic mass is 32.2. The van der Waals surface area contributed by atoms with Crippen LogP contribution in [0.3, 0.4) is 0 Å². The fourth-order valence-electron chi connectivity index (χ4n) is 3.02. The standard InChI is InChI=1S/C15H23FN2O2S/c1-10-9-13(16)14(17)11(2)15(10)21(19,20)18-12-7-5-3-4-6-8-12/h9,12,18H,3-8,17H2,1-2H3. The molecular weight excluding hydrogens is 291 g/mol. The van der Waals surface area contributed by atoms with Gasteiger partial charge in [-0.2, -0.15) is 0 Å². The first-order valence-electron chi connectivity index (χ1n) is 7.40. The number of aryl methyl sites for hydroxylation is 1. The van der Waals surface area contributed by atoms with Gasteiger partial charge in [-0.05, 0) is 43.9 Å². The molecule has 1 fully saturated rings. The van der Waals surface area contributed by atoms with Crippen LogP contribution in [0.1, 0.15) is 49.7 Å². The Morgan fingerprint density at radius 1 is 1.19 bits per heavy atom. The number of halogens is 1. The van der Waals surface area contributed by atoms with Gasteiger partial charge < -0.3 is 5.73 Å². The molecule has 0 bridgehead atoms. The Hall–Kier alpha value is -1.14. The van der Waals surface area contributed by atoms with Crippen molar-refractivity contribution in [3.05, 3.63) is 23.0 Å². The molecule has 0 atom stereocenters. The molecule has 118 valence electrons. The van der Waals surface area contributed by atoms with Crippen molar-refractivity contribution < 1.29 is 12.8 Å². The van der Waals surface area contributed by atoms with Crippen LogP contribution in [0.2, 0.25) is 0 Å². The maximum Gasteiger partial charge on any atom is 0.241 e. The molecule has 0 aromatic heterocycles. The lowest BCUT2D eigenvalue weighted by molar-refractivity contribution is 0.509. The van der Waals surface area contributed by atoms with E-state index in [0.29, 0.717) is 5.56 Å². The molecule has 1 aromatic carbocycles. The first kappa shape index (κ1) is 16.2. The molecule has 1 aliphatic rings. The van der Waals surface area contributed by atoms with Crippen molar-refractivity contribution in [1.82, 2.24) is 4.72 Å². The molecule has 2 rings (SSSR count). The topological polar surface area (TPSA) is 72.2 Å². The minimum atomic E-state index is -3.67. The molecule has 0 unspecified atom stereocenters. The molecule has 0 heterocycles. The zero-order valence-electron chi connectivity index (χ0n) is 12.6. The molecule has 6 heteroatoms. The molecule has 0 saturated heterocycles. The number of rotatable bonds is 3. The van der Waals surface area contributed by atoms with Crippen LogP contribution in [0.25, 0.3) is 0 Å². The summed E-state index contributed by atoms with van der Waals surface area (Å²) in [5.74, 6) is -0.571. The fourth-order valence-corrected chi connectivity index (χ4v) is 4.81. The number of nitrogen functional groups attached to an aromatic ring is 1. The molecule has 4 nitrogen and oxygen atoms in total. The smallest absolute Gasteiger partial charge is 0.241 e. The van der Waals surface area contributed by atoms with Crippen LogP contribution >= 0.6 is 0 Å². The molecule has 21 heavy (non-hydrogen) atoms. The van der Waals surface area contributed by atoms with E-state index in [9.17, 15) is 12.8 Å². The summed E-state index contributed by atoms with van der Waals surface area (Å²) < 4.78 is 41.6. The SMILES string of the molecule is Cc1cc(F)c(N)c(C)c1S(=O)(=O)NC1CCCCCC1. The van der Waals surface area contributed by atoms with Crippen LogP contribution in [-0.2, 0) is 10.0 Å². The van der Waals surface area contributed by atoms with Crippen LogP contribution in [0.5, 0.6) is 0 Å². The third-order valence-electron chi connectivity index (χ3n) is 4.15. The Balaban J connectivity index is 2.33. The van der Waals surface area contributed by atoms with Crippen molar-refractivity contribution in [3.8, 4) is 0 Å². The summed E-state index contributed by atoms with van der Waals surface area (Å²) in [6.45, 7) is 3.14. The third-order valence-corrected chi connectivity index (χ3v) is 5.96. The van der Waals surface area contributed by atoms with E-state index in [4.69, 9.17) is 5.73 Å². The molecule has 1 aliphatic carbocycles. The quantitative estimate of drug-likeness (QED) is 0.665. The maximum absolute atomic E-state index is 13.6. The zero-order valence-corrected chi connectivity index (χ0v) is 13.4. The number of nitrogens with one attached hydrogen (secondary N) is 1. The largest absolute Gasteiger partial charge is 0.396 e. The Bertz CT molecular complexity index is 621. The molecule has 0 radical (unpaired) electrons. The van der Waals surface area contributed by atoms with Crippen molar-refractivity contribution >= 4 is 15.7 Å². The van der Waals surface area contributed by atoms with Gasteiger partial charge in [0.2, 0.25) is 10.0 Å². The van der Waals surface area contributed by atoms with E-state index < -0.39 is 15.8 Å². The van der Waals surface area contributed by atoms with E-state index in [1.54, 1.807) is 13.8 Å². The Morgan fingerprint density at radius 3 is 2.33 bits per heavy atom. The average Bonchev–Trinajstić information content (AvgIpc) is 2.63. The van der Waals surface area contributed by atoms with Gasteiger partial charge in [0.1, 0.15) is 5.82 Å². The Labute approximate surface area is 126 Å². The van der Waals surface area contributed by atoms with E-state index in [-0.39, 0.29) is 22.2 Å².